The monoisotopic (exact) mass is 433 g/mol. The van der Waals surface area contributed by atoms with Crippen LogP contribution in [0.3, 0.4) is 0 Å². The molecule has 1 aliphatic heterocycles. The van der Waals surface area contributed by atoms with Crippen LogP contribution in [0, 0.1) is 23.1 Å². The number of anilines is 1. The van der Waals surface area contributed by atoms with Gasteiger partial charge in [0.1, 0.15) is 22.4 Å². The van der Waals surface area contributed by atoms with Crippen LogP contribution in [0.1, 0.15) is 25.3 Å². The molecule has 0 radical (unpaired) electrons. The average Bonchev–Trinajstić information content (AvgIpc) is 3.03. The summed E-state index contributed by atoms with van der Waals surface area (Å²) in [5, 5.41) is 13.3. The Morgan fingerprint density at radius 1 is 1.41 bits per heavy atom. The minimum atomic E-state index is -3.04. The second-order valence-electron chi connectivity index (χ2n) is 7.62. The van der Waals surface area contributed by atoms with Crippen molar-refractivity contribution in [1.29, 1.82) is 5.41 Å². The Morgan fingerprint density at radius 3 is 2.66 bits per heavy atom. The highest BCUT2D eigenvalue weighted by Crippen LogP contribution is 2.49. The van der Waals surface area contributed by atoms with Crippen LogP contribution < -0.4 is 10.6 Å². The molecular weight excluding hydrogens is 411 g/mol. The van der Waals surface area contributed by atoms with Crippen LogP contribution in [0.25, 0.3) is 0 Å². The molecule has 3 N–H and O–H groups in total. The van der Waals surface area contributed by atoms with E-state index in [1.165, 1.54) is 19.1 Å². The Labute approximate surface area is 167 Å². The van der Waals surface area contributed by atoms with Gasteiger partial charge in [-0.2, -0.15) is 0 Å². The van der Waals surface area contributed by atoms with Crippen molar-refractivity contribution in [2.45, 2.75) is 31.2 Å². The molecule has 2 fully saturated rings. The van der Waals surface area contributed by atoms with Gasteiger partial charge in [-0.05, 0) is 31.5 Å². The van der Waals surface area contributed by atoms with Gasteiger partial charge in [-0.15, -0.1) is 0 Å². The first kappa shape index (κ1) is 21.6. The highest BCUT2D eigenvalue weighted by Gasteiger charge is 2.61. The van der Waals surface area contributed by atoms with Crippen LogP contribution >= 0.6 is 0 Å². The Kier molecular flexibility index (Phi) is 5.91. The van der Waals surface area contributed by atoms with E-state index in [0.29, 0.717) is 19.6 Å². The first-order chi connectivity index (χ1) is 13.5. The number of hydrogen-bond donors (Lipinski definition) is 4. The predicted molar refractivity (Wildman–Crippen MR) is 100 cm³/mol. The number of carbonyl (C=O) groups excluding carboxylic acids is 1. The minimum Gasteiger partial charge on any atom is -0.381 e. The Morgan fingerprint density at radius 2 is 2.10 bits per heavy atom. The first-order valence-corrected chi connectivity index (χ1v) is 10.4. The third kappa shape index (κ3) is 4.89. The molecule has 0 aromatic heterocycles. The maximum atomic E-state index is 14.6. The maximum Gasteiger partial charge on any atom is 0.260 e. The zero-order chi connectivity index (χ0) is 21.4. The Bertz CT molecular complexity index is 894. The lowest BCUT2D eigenvalue weighted by atomic mass is 9.91. The van der Waals surface area contributed by atoms with E-state index < -0.39 is 52.0 Å². The first-order valence-electron chi connectivity index (χ1n) is 9.07. The van der Waals surface area contributed by atoms with Crippen LogP contribution in [0.4, 0.5) is 18.9 Å². The second kappa shape index (κ2) is 7.94. The molecule has 1 heterocycles. The summed E-state index contributed by atoms with van der Waals surface area (Å²) >= 11 is 0. The molecule has 7 nitrogen and oxygen atoms in total. The summed E-state index contributed by atoms with van der Waals surface area (Å²) in [6, 6.07) is 3.44. The summed E-state index contributed by atoms with van der Waals surface area (Å²) in [7, 11) is -2.95. The van der Waals surface area contributed by atoms with E-state index in [4.69, 9.17) is 10.1 Å². The number of alkyl halides is 2. The van der Waals surface area contributed by atoms with Crippen LogP contribution in [0.5, 0.6) is 0 Å². The predicted octanol–water partition coefficient (Wildman–Crippen LogP) is 1.85. The van der Waals surface area contributed by atoms with Crippen LogP contribution in [-0.4, -0.2) is 45.0 Å². The molecule has 1 saturated heterocycles. The van der Waals surface area contributed by atoms with E-state index in [1.54, 1.807) is 0 Å². The molecule has 2 aliphatic rings. The SMILES string of the molecule is C[C@@](C[SH](=O)=O)(NC(=N)[C@@H]1CCOC1)c1cc(NC(=O)C2CC2(F)F)ccc1F. The minimum absolute atomic E-state index is 0.0216. The van der Waals surface area contributed by atoms with Crippen molar-refractivity contribution in [1.82, 2.24) is 5.32 Å². The third-order valence-corrected chi connectivity index (χ3v) is 6.06. The fourth-order valence-corrected chi connectivity index (χ4v) is 4.13. The summed E-state index contributed by atoms with van der Waals surface area (Å²) in [5.41, 5.74) is -1.52. The fourth-order valence-electron chi connectivity index (χ4n) is 3.36. The smallest absolute Gasteiger partial charge is 0.260 e. The summed E-state index contributed by atoms with van der Waals surface area (Å²) in [6.07, 6.45) is 0.0447. The normalized spacial score (nSPS) is 24.7. The fraction of sp³-hybridized carbons (Fsp3) is 0.556. The van der Waals surface area contributed by atoms with E-state index >= 15 is 0 Å². The van der Waals surface area contributed by atoms with E-state index in [0.717, 1.165) is 6.07 Å². The molecule has 11 heteroatoms. The lowest BCUT2D eigenvalue weighted by Crippen LogP contribution is -2.49. The molecule has 1 aliphatic carbocycles. The summed E-state index contributed by atoms with van der Waals surface area (Å²) in [5.74, 6) is -6.84. The van der Waals surface area contributed by atoms with E-state index in [-0.39, 0.29) is 23.0 Å². The van der Waals surface area contributed by atoms with Gasteiger partial charge in [0.2, 0.25) is 5.91 Å². The van der Waals surface area contributed by atoms with Crippen molar-refractivity contribution in [3.8, 4) is 0 Å². The number of ether oxygens (including phenoxy) is 1. The van der Waals surface area contributed by atoms with E-state index in [1.807, 2.05) is 0 Å². The molecule has 1 amide bonds. The number of amides is 1. The lowest BCUT2D eigenvalue weighted by molar-refractivity contribution is -0.119. The van der Waals surface area contributed by atoms with Gasteiger partial charge in [-0.25, -0.2) is 21.6 Å². The molecule has 1 aromatic rings. The standard InChI is InChI=1S/C18H22F3N3O4S/c1-17(9-29(26)27,24-15(22)10-4-5-28-8-10)12-6-11(2-3-14(12)19)23-16(25)13-7-18(13,20)21/h2-3,6,10,13,29H,4-5,7-9H2,1H3,(H2,22,24)(H,23,25)/t10-,13?,17+/m1/s1. The highest BCUT2D eigenvalue weighted by molar-refractivity contribution is 7.72. The summed E-state index contributed by atoms with van der Waals surface area (Å²) in [4.78, 5) is 11.9. The van der Waals surface area contributed by atoms with Crippen molar-refractivity contribution in [3.63, 3.8) is 0 Å². The zero-order valence-corrected chi connectivity index (χ0v) is 16.5. The Hall–Kier alpha value is -2.14. The molecule has 160 valence electrons. The number of amidine groups is 1. The molecule has 3 atom stereocenters. The number of benzene rings is 1. The van der Waals surface area contributed by atoms with Crippen LogP contribution in [-0.2, 0) is 25.8 Å². The number of hydrogen-bond acceptors (Lipinski definition) is 5. The zero-order valence-electron chi connectivity index (χ0n) is 15.6. The van der Waals surface area contributed by atoms with Crippen molar-refractivity contribution in [3.05, 3.63) is 29.6 Å². The lowest BCUT2D eigenvalue weighted by Gasteiger charge is -2.32. The molecule has 1 aromatic carbocycles. The quantitative estimate of drug-likeness (QED) is 0.298. The topological polar surface area (TPSA) is 108 Å². The number of carbonyl (C=O) groups is 1. The summed E-state index contributed by atoms with van der Waals surface area (Å²) in [6.45, 7) is 2.21. The van der Waals surface area contributed by atoms with E-state index in [2.05, 4.69) is 10.6 Å². The number of nitrogens with one attached hydrogen (secondary N) is 3. The van der Waals surface area contributed by atoms with Crippen molar-refractivity contribution in [2.24, 2.45) is 11.8 Å². The number of halogens is 3. The van der Waals surface area contributed by atoms with Gasteiger partial charge < -0.3 is 15.4 Å². The molecule has 0 bridgehead atoms. The molecule has 29 heavy (non-hydrogen) atoms. The van der Waals surface area contributed by atoms with Crippen molar-refractivity contribution >= 4 is 28.1 Å². The van der Waals surface area contributed by atoms with Crippen LogP contribution in [0.2, 0.25) is 0 Å². The van der Waals surface area contributed by atoms with Crippen LogP contribution in [0.15, 0.2) is 18.2 Å². The van der Waals surface area contributed by atoms with Gasteiger partial charge in [0.15, 0.2) is 0 Å². The highest BCUT2D eigenvalue weighted by atomic mass is 32.2. The molecule has 3 rings (SSSR count). The second-order valence-corrected chi connectivity index (χ2v) is 8.61. The number of rotatable bonds is 7. The molecular formula is C18H22F3N3O4S. The summed E-state index contributed by atoms with van der Waals surface area (Å²) < 4.78 is 68.9. The Balaban J connectivity index is 1.86. The average molecular weight is 433 g/mol. The largest absolute Gasteiger partial charge is 0.381 e. The molecule has 1 saturated carbocycles. The van der Waals surface area contributed by atoms with Crippen molar-refractivity contribution < 1.29 is 31.1 Å². The van der Waals surface area contributed by atoms with Gasteiger partial charge in [-0.1, -0.05) is 0 Å². The van der Waals surface area contributed by atoms with Gasteiger partial charge in [0.05, 0.1) is 23.7 Å². The molecule has 0 spiro atoms. The van der Waals surface area contributed by atoms with Crippen molar-refractivity contribution in [2.75, 3.05) is 24.3 Å². The molecule has 1 unspecified atom stereocenters. The third-order valence-electron chi connectivity index (χ3n) is 5.16. The van der Waals surface area contributed by atoms with Gasteiger partial charge >= 0.3 is 0 Å². The van der Waals surface area contributed by atoms with Gasteiger partial charge in [-0.3, -0.25) is 10.2 Å². The van der Waals surface area contributed by atoms with E-state index in [9.17, 15) is 26.4 Å². The van der Waals surface area contributed by atoms with Gasteiger partial charge in [0.25, 0.3) is 5.92 Å². The maximum absolute atomic E-state index is 14.6. The number of thiol groups is 1. The van der Waals surface area contributed by atoms with Gasteiger partial charge in [0, 0.05) is 30.2 Å².